The molecule has 1 aromatic carbocycles. The number of benzene rings is 1. The van der Waals surface area contributed by atoms with Crippen molar-refractivity contribution in [1.29, 1.82) is 0 Å². The van der Waals surface area contributed by atoms with Gasteiger partial charge in [0.1, 0.15) is 0 Å². The van der Waals surface area contributed by atoms with E-state index in [1.54, 1.807) is 0 Å². The molecular formula is C20H31N3O. The van der Waals surface area contributed by atoms with Crippen LogP contribution < -0.4 is 5.32 Å². The monoisotopic (exact) mass is 329 g/mol. The van der Waals surface area contributed by atoms with Crippen LogP contribution in [-0.2, 0) is 4.74 Å². The zero-order chi connectivity index (χ0) is 17.0. The lowest BCUT2D eigenvalue weighted by atomic mass is 9.89. The van der Waals surface area contributed by atoms with E-state index >= 15 is 0 Å². The second kappa shape index (κ2) is 7.56. The quantitative estimate of drug-likeness (QED) is 0.681. The summed E-state index contributed by atoms with van der Waals surface area (Å²) in [6, 6.07) is 10.6. The van der Waals surface area contributed by atoms with Crippen LogP contribution in [0.3, 0.4) is 0 Å². The van der Waals surface area contributed by atoms with Gasteiger partial charge in [0.2, 0.25) is 0 Å². The average molecular weight is 329 g/mol. The second-order valence-corrected chi connectivity index (χ2v) is 7.87. The van der Waals surface area contributed by atoms with Crippen LogP contribution in [0.25, 0.3) is 0 Å². The van der Waals surface area contributed by atoms with E-state index in [1.165, 1.54) is 18.4 Å². The number of nitrogens with zero attached hydrogens (tertiary/aromatic N) is 2. The van der Waals surface area contributed by atoms with Crippen LogP contribution >= 0.6 is 0 Å². The third-order valence-electron chi connectivity index (χ3n) is 5.28. The van der Waals surface area contributed by atoms with Crippen molar-refractivity contribution in [3.05, 3.63) is 35.9 Å². The first kappa shape index (κ1) is 17.3. The first-order valence-corrected chi connectivity index (χ1v) is 9.21. The molecule has 2 heterocycles. The van der Waals surface area contributed by atoms with Crippen LogP contribution in [0.5, 0.6) is 0 Å². The molecule has 24 heavy (non-hydrogen) atoms. The summed E-state index contributed by atoms with van der Waals surface area (Å²) in [5.41, 5.74) is 1.68. The summed E-state index contributed by atoms with van der Waals surface area (Å²) in [7, 11) is 1.89. The van der Waals surface area contributed by atoms with Gasteiger partial charge >= 0.3 is 0 Å². The van der Waals surface area contributed by atoms with E-state index in [9.17, 15) is 0 Å². The van der Waals surface area contributed by atoms with E-state index in [2.05, 4.69) is 59.4 Å². The van der Waals surface area contributed by atoms with Gasteiger partial charge in [0.05, 0.1) is 6.10 Å². The molecule has 0 aliphatic carbocycles. The van der Waals surface area contributed by atoms with Gasteiger partial charge in [0.15, 0.2) is 5.96 Å². The Balaban J connectivity index is 1.61. The number of nitrogens with one attached hydrogen (secondary N) is 1. The largest absolute Gasteiger partial charge is 0.373 e. The van der Waals surface area contributed by atoms with E-state index in [4.69, 9.17) is 4.74 Å². The van der Waals surface area contributed by atoms with Gasteiger partial charge in [-0.15, -0.1) is 0 Å². The fourth-order valence-corrected chi connectivity index (χ4v) is 3.91. The average Bonchev–Trinajstić information content (AvgIpc) is 2.96. The maximum absolute atomic E-state index is 6.11. The fraction of sp³-hybridized carbons (Fsp3) is 0.650. The van der Waals surface area contributed by atoms with Crippen molar-refractivity contribution in [3.63, 3.8) is 0 Å². The highest BCUT2D eigenvalue weighted by Crippen LogP contribution is 2.33. The Labute approximate surface area is 146 Å². The van der Waals surface area contributed by atoms with Crippen LogP contribution in [0.15, 0.2) is 35.3 Å². The van der Waals surface area contributed by atoms with Crippen LogP contribution in [0.1, 0.15) is 44.8 Å². The van der Waals surface area contributed by atoms with Crippen molar-refractivity contribution in [2.24, 2.45) is 16.3 Å². The number of hydrogen-bond donors (Lipinski definition) is 1. The third kappa shape index (κ3) is 4.10. The normalized spacial score (nSPS) is 27.3. The lowest BCUT2D eigenvalue weighted by Gasteiger charge is -2.33. The molecule has 0 spiro atoms. The van der Waals surface area contributed by atoms with Gasteiger partial charge in [-0.25, -0.2) is 0 Å². The minimum atomic E-state index is 0.195. The van der Waals surface area contributed by atoms with Gasteiger partial charge < -0.3 is 15.0 Å². The Hall–Kier alpha value is -1.55. The lowest BCUT2D eigenvalue weighted by Crippen LogP contribution is -2.44. The predicted molar refractivity (Wildman–Crippen MR) is 99.2 cm³/mol. The summed E-state index contributed by atoms with van der Waals surface area (Å²) in [6.45, 7) is 8.63. The number of likely N-dealkylation sites (tertiary alicyclic amines) is 1. The van der Waals surface area contributed by atoms with E-state index in [1.807, 2.05) is 7.05 Å². The molecule has 0 saturated carbocycles. The molecule has 2 unspecified atom stereocenters. The molecular weight excluding hydrogens is 298 g/mol. The highest BCUT2D eigenvalue weighted by Gasteiger charge is 2.32. The molecule has 2 fully saturated rings. The van der Waals surface area contributed by atoms with Crippen molar-refractivity contribution in [3.8, 4) is 0 Å². The van der Waals surface area contributed by atoms with Crippen molar-refractivity contribution >= 4 is 5.96 Å². The lowest BCUT2D eigenvalue weighted by molar-refractivity contribution is -0.0266. The van der Waals surface area contributed by atoms with Gasteiger partial charge in [0.25, 0.3) is 0 Å². The molecule has 3 rings (SSSR count). The van der Waals surface area contributed by atoms with Crippen molar-refractivity contribution < 1.29 is 4.74 Å². The molecule has 0 bridgehead atoms. The highest BCUT2D eigenvalue weighted by molar-refractivity contribution is 5.80. The zero-order valence-electron chi connectivity index (χ0n) is 15.3. The summed E-state index contributed by atoms with van der Waals surface area (Å²) in [5.74, 6) is 1.53. The minimum absolute atomic E-state index is 0.195. The molecule has 1 N–H and O–H groups in total. The number of ether oxygens (including phenoxy) is 1. The highest BCUT2D eigenvalue weighted by atomic mass is 16.5. The van der Waals surface area contributed by atoms with Crippen molar-refractivity contribution in [2.45, 2.75) is 39.2 Å². The van der Waals surface area contributed by atoms with E-state index in [0.29, 0.717) is 11.3 Å². The molecule has 2 atom stereocenters. The zero-order valence-corrected chi connectivity index (χ0v) is 15.3. The van der Waals surface area contributed by atoms with Gasteiger partial charge in [-0.2, -0.15) is 0 Å². The first-order chi connectivity index (χ1) is 11.6. The number of hydrogen-bond acceptors (Lipinski definition) is 2. The number of aliphatic imine (C=N–C) groups is 1. The summed E-state index contributed by atoms with van der Waals surface area (Å²) < 4.78 is 6.11. The molecule has 4 heteroatoms. The van der Waals surface area contributed by atoms with Gasteiger partial charge in [-0.3, -0.25) is 4.99 Å². The molecule has 0 amide bonds. The molecule has 4 nitrogen and oxygen atoms in total. The fourth-order valence-electron chi connectivity index (χ4n) is 3.91. The molecule has 2 aliphatic heterocycles. The molecule has 2 saturated heterocycles. The predicted octanol–water partition coefficient (Wildman–Crippen LogP) is 3.46. The number of guanidine groups is 1. The Morgan fingerprint density at radius 2 is 2.12 bits per heavy atom. The molecule has 132 valence electrons. The first-order valence-electron chi connectivity index (χ1n) is 9.21. The Bertz CT molecular complexity index is 555. The molecule has 0 aromatic heterocycles. The Kier molecular flexibility index (Phi) is 5.44. The number of rotatable bonds is 3. The van der Waals surface area contributed by atoms with E-state index < -0.39 is 0 Å². The van der Waals surface area contributed by atoms with Crippen LogP contribution in [0.2, 0.25) is 0 Å². The minimum Gasteiger partial charge on any atom is -0.373 e. The maximum atomic E-state index is 6.11. The molecule has 2 aliphatic rings. The van der Waals surface area contributed by atoms with Crippen LogP contribution in [0, 0.1) is 11.3 Å². The van der Waals surface area contributed by atoms with Gasteiger partial charge in [-0.1, -0.05) is 44.2 Å². The topological polar surface area (TPSA) is 36.9 Å². The van der Waals surface area contributed by atoms with E-state index in [0.717, 1.165) is 38.6 Å². The van der Waals surface area contributed by atoms with Crippen molar-refractivity contribution in [1.82, 2.24) is 10.2 Å². The second-order valence-electron chi connectivity index (χ2n) is 7.87. The summed E-state index contributed by atoms with van der Waals surface area (Å²) in [5, 5.41) is 3.61. The SMILES string of the molecule is CN=C(NCC1CCCOC1c1ccccc1)N1CCC(C)(C)C1. The summed E-state index contributed by atoms with van der Waals surface area (Å²) in [4.78, 5) is 6.90. The summed E-state index contributed by atoms with van der Waals surface area (Å²) in [6.07, 6.45) is 3.77. The van der Waals surface area contributed by atoms with Gasteiger partial charge in [0, 0.05) is 39.2 Å². The third-order valence-corrected chi connectivity index (χ3v) is 5.28. The standard InChI is InChI=1S/C20H31N3O/c1-20(2)11-12-23(15-20)19(21-3)22-14-17-10-7-13-24-18(17)16-8-5-4-6-9-16/h4-6,8-9,17-18H,7,10-15H2,1-3H3,(H,21,22). The van der Waals surface area contributed by atoms with Crippen LogP contribution in [0.4, 0.5) is 0 Å². The van der Waals surface area contributed by atoms with Crippen LogP contribution in [-0.4, -0.2) is 44.1 Å². The van der Waals surface area contributed by atoms with Crippen molar-refractivity contribution in [2.75, 3.05) is 33.3 Å². The Morgan fingerprint density at radius 3 is 2.79 bits per heavy atom. The summed E-state index contributed by atoms with van der Waals surface area (Å²) >= 11 is 0. The van der Waals surface area contributed by atoms with E-state index in [-0.39, 0.29) is 6.10 Å². The maximum Gasteiger partial charge on any atom is 0.193 e. The van der Waals surface area contributed by atoms with Gasteiger partial charge in [-0.05, 0) is 30.2 Å². The smallest absolute Gasteiger partial charge is 0.193 e. The molecule has 1 aromatic rings. The molecule has 0 radical (unpaired) electrons. The Morgan fingerprint density at radius 1 is 1.33 bits per heavy atom.